The lowest BCUT2D eigenvalue weighted by Crippen LogP contribution is -2.72. The van der Waals surface area contributed by atoms with Crippen molar-refractivity contribution in [2.24, 2.45) is 0 Å². The monoisotopic (exact) mass is 508 g/mol. The molecule has 0 unspecified atom stereocenters. The third kappa shape index (κ3) is 4.33. The second-order valence-electron chi connectivity index (χ2n) is 8.72. The number of hydrogen-bond acceptors (Lipinski definition) is 7. The van der Waals surface area contributed by atoms with Gasteiger partial charge in [0.1, 0.15) is 40.8 Å². The van der Waals surface area contributed by atoms with E-state index in [2.05, 4.69) is 5.32 Å². The van der Waals surface area contributed by atoms with E-state index in [4.69, 9.17) is 9.47 Å². The summed E-state index contributed by atoms with van der Waals surface area (Å²) in [6.45, 7) is 1.58. The van der Waals surface area contributed by atoms with E-state index >= 15 is 0 Å². The number of rotatable bonds is 7. The maximum atomic E-state index is 13.4. The highest BCUT2D eigenvalue weighted by atomic mass is 32.2. The van der Waals surface area contributed by atoms with Gasteiger partial charge in [-0.1, -0.05) is 18.2 Å². The average molecular weight is 508 g/mol. The van der Waals surface area contributed by atoms with Gasteiger partial charge in [0.25, 0.3) is 5.91 Å². The van der Waals surface area contributed by atoms with Gasteiger partial charge in [-0.05, 0) is 43.7 Å². The average Bonchev–Trinajstić information content (AvgIpc) is 2.94. The van der Waals surface area contributed by atoms with Crippen LogP contribution in [-0.2, 0) is 35.6 Å². The number of hydrogen-bond donors (Lipinski definition) is 1. The van der Waals surface area contributed by atoms with Gasteiger partial charge < -0.3 is 19.7 Å². The van der Waals surface area contributed by atoms with Gasteiger partial charge in [-0.15, -0.1) is 0 Å². The molecule has 0 aromatic heterocycles. The smallest absolute Gasteiger partial charge is 0.330 e. The van der Waals surface area contributed by atoms with E-state index < -0.39 is 74.7 Å². The Hall–Kier alpha value is -3.54. The van der Waals surface area contributed by atoms with E-state index in [9.17, 15) is 31.6 Å². The van der Waals surface area contributed by atoms with Crippen molar-refractivity contribution in [2.75, 3.05) is 6.61 Å². The molecule has 2 saturated heterocycles. The number of benzene rings is 2. The summed E-state index contributed by atoms with van der Waals surface area (Å²) in [4.78, 5) is 38.8. The molecule has 4 rings (SSSR count). The van der Waals surface area contributed by atoms with Gasteiger partial charge in [-0.3, -0.25) is 9.59 Å². The van der Waals surface area contributed by atoms with Crippen molar-refractivity contribution in [1.82, 2.24) is 10.2 Å². The Morgan fingerprint density at radius 2 is 1.71 bits per heavy atom. The second-order valence-corrected chi connectivity index (χ2v) is 11.3. The predicted molar refractivity (Wildman–Crippen MR) is 117 cm³/mol. The Morgan fingerprint density at radius 3 is 2.34 bits per heavy atom. The summed E-state index contributed by atoms with van der Waals surface area (Å²) >= 11 is 0. The van der Waals surface area contributed by atoms with Crippen LogP contribution in [0.2, 0.25) is 0 Å². The zero-order valence-electron chi connectivity index (χ0n) is 18.7. The summed E-state index contributed by atoms with van der Waals surface area (Å²) in [7, 11) is -4.12. The van der Waals surface area contributed by atoms with E-state index in [0.29, 0.717) is 11.8 Å². The second kappa shape index (κ2) is 8.91. The topological polar surface area (TPSA) is 119 Å². The first-order valence-corrected chi connectivity index (χ1v) is 12.1. The molecular formula is C23H22F2N2O7S. The Morgan fingerprint density at radius 1 is 1.09 bits per heavy atom. The van der Waals surface area contributed by atoms with Gasteiger partial charge in [-0.2, -0.15) is 0 Å². The zero-order valence-corrected chi connectivity index (χ0v) is 19.6. The molecule has 0 aliphatic carbocycles. The molecule has 186 valence electrons. The first kappa shape index (κ1) is 24.6. The van der Waals surface area contributed by atoms with Crippen molar-refractivity contribution in [3.63, 3.8) is 0 Å². The van der Waals surface area contributed by atoms with Crippen LogP contribution < -0.4 is 10.1 Å². The molecule has 2 aliphatic heterocycles. The van der Waals surface area contributed by atoms with Crippen molar-refractivity contribution < 1.29 is 41.1 Å². The number of amides is 2. The number of β-lactam (4-membered cyclic amide) rings is 1. The maximum Gasteiger partial charge on any atom is 0.330 e. The normalized spacial score (nSPS) is 23.7. The quantitative estimate of drug-likeness (QED) is 0.443. The summed E-state index contributed by atoms with van der Waals surface area (Å²) in [5.74, 6) is -3.84. The molecule has 2 aliphatic rings. The molecule has 1 N–H and O–H groups in total. The van der Waals surface area contributed by atoms with E-state index in [1.165, 1.54) is 13.8 Å². The fourth-order valence-corrected chi connectivity index (χ4v) is 6.44. The van der Waals surface area contributed by atoms with Crippen LogP contribution >= 0.6 is 0 Å². The fraction of sp³-hybridized carbons (Fsp3) is 0.348. The van der Waals surface area contributed by atoms with Crippen LogP contribution in [0, 0.1) is 11.6 Å². The van der Waals surface area contributed by atoms with Gasteiger partial charge >= 0.3 is 5.97 Å². The first-order chi connectivity index (χ1) is 16.4. The SMILES string of the molecule is CC1(C)[C@H](C(=O)OCc2cc(F)cc(F)c2)N2C(=O)[C@@H](NC(=O)COc3ccccc3)[C@H]2S1(=O)=O. The number of halogens is 2. The highest BCUT2D eigenvalue weighted by Gasteiger charge is 2.72. The zero-order chi connectivity index (χ0) is 25.5. The van der Waals surface area contributed by atoms with E-state index in [1.807, 2.05) is 0 Å². The molecule has 2 aromatic carbocycles. The standard InChI is InChI=1S/C23H22F2N2O7S/c1-23(2)19(22(30)34-11-13-8-14(24)10-15(25)9-13)27-20(29)18(21(27)35(23,31)32)26-17(28)12-33-16-6-4-3-5-7-16/h3-10,18-19,21H,11-12H2,1-2H3,(H,26,28)/t18-,19+,21-/m1/s1. The number of para-hydroxylation sites is 1. The van der Waals surface area contributed by atoms with E-state index in [0.717, 1.165) is 17.0 Å². The summed E-state index contributed by atoms with van der Waals surface area (Å²) < 4.78 is 61.9. The first-order valence-electron chi connectivity index (χ1n) is 10.6. The molecule has 0 bridgehead atoms. The van der Waals surface area contributed by atoms with Crippen LogP contribution in [0.5, 0.6) is 5.75 Å². The van der Waals surface area contributed by atoms with Gasteiger partial charge in [-0.25, -0.2) is 22.0 Å². The molecule has 2 aromatic rings. The number of esters is 1. The largest absolute Gasteiger partial charge is 0.484 e. The number of sulfone groups is 1. The lowest BCUT2D eigenvalue weighted by molar-refractivity contribution is -0.165. The van der Waals surface area contributed by atoms with Crippen molar-refractivity contribution in [3.05, 3.63) is 65.7 Å². The fourth-order valence-electron chi connectivity index (χ4n) is 4.23. The maximum absolute atomic E-state index is 13.4. The molecule has 2 heterocycles. The van der Waals surface area contributed by atoms with Crippen LogP contribution in [-0.4, -0.2) is 59.9 Å². The summed E-state index contributed by atoms with van der Waals surface area (Å²) in [5.41, 5.74) is 0.0181. The molecule has 0 saturated carbocycles. The third-order valence-electron chi connectivity index (χ3n) is 6.02. The minimum atomic E-state index is -4.12. The van der Waals surface area contributed by atoms with Crippen molar-refractivity contribution >= 4 is 27.6 Å². The number of carbonyl (C=O) groups is 3. The summed E-state index contributed by atoms with van der Waals surface area (Å²) in [5, 5.41) is 0.898. The van der Waals surface area contributed by atoms with Crippen molar-refractivity contribution in [2.45, 2.75) is 42.7 Å². The van der Waals surface area contributed by atoms with Gasteiger partial charge in [0.2, 0.25) is 5.91 Å². The molecule has 3 atom stereocenters. The number of ether oxygens (including phenoxy) is 2. The minimum absolute atomic E-state index is 0.0181. The molecule has 2 fully saturated rings. The van der Waals surface area contributed by atoms with Crippen LogP contribution in [0.15, 0.2) is 48.5 Å². The third-order valence-corrected chi connectivity index (χ3v) is 8.85. The van der Waals surface area contributed by atoms with Crippen LogP contribution in [0.3, 0.4) is 0 Å². The van der Waals surface area contributed by atoms with Crippen LogP contribution in [0.25, 0.3) is 0 Å². The molecule has 0 radical (unpaired) electrons. The van der Waals surface area contributed by atoms with Gasteiger partial charge in [0, 0.05) is 6.07 Å². The molecular weight excluding hydrogens is 486 g/mol. The highest BCUT2D eigenvalue weighted by molar-refractivity contribution is 7.94. The van der Waals surface area contributed by atoms with E-state index in [-0.39, 0.29) is 5.56 Å². The van der Waals surface area contributed by atoms with Crippen molar-refractivity contribution in [3.8, 4) is 5.75 Å². The number of fused-ring (bicyclic) bond motifs is 1. The van der Waals surface area contributed by atoms with Crippen LogP contribution in [0.4, 0.5) is 8.78 Å². The van der Waals surface area contributed by atoms with Crippen LogP contribution in [0.1, 0.15) is 19.4 Å². The lowest BCUT2D eigenvalue weighted by Gasteiger charge is -2.42. The Balaban J connectivity index is 1.45. The summed E-state index contributed by atoms with van der Waals surface area (Å²) in [6, 6.07) is 8.12. The van der Waals surface area contributed by atoms with Crippen molar-refractivity contribution in [1.29, 1.82) is 0 Å². The predicted octanol–water partition coefficient (Wildman–Crippen LogP) is 1.32. The number of carbonyl (C=O) groups excluding carboxylic acids is 3. The summed E-state index contributed by atoms with van der Waals surface area (Å²) in [6.07, 6.45) is 0. The highest BCUT2D eigenvalue weighted by Crippen LogP contribution is 2.46. The molecule has 35 heavy (non-hydrogen) atoms. The number of nitrogens with one attached hydrogen (secondary N) is 1. The molecule has 12 heteroatoms. The molecule has 9 nitrogen and oxygen atoms in total. The minimum Gasteiger partial charge on any atom is -0.484 e. The van der Waals surface area contributed by atoms with Gasteiger partial charge in [0.05, 0.1) is 0 Å². The Labute approximate surface area is 199 Å². The molecule has 2 amide bonds. The van der Waals surface area contributed by atoms with Gasteiger partial charge in [0.15, 0.2) is 21.8 Å². The lowest BCUT2D eigenvalue weighted by atomic mass is 9.96. The number of nitrogens with zero attached hydrogens (tertiary/aromatic N) is 1. The van der Waals surface area contributed by atoms with E-state index in [1.54, 1.807) is 30.3 Å². The Kier molecular flexibility index (Phi) is 6.26. The molecule has 0 spiro atoms. The Bertz CT molecular complexity index is 1260.